The number of nitrogen functional groups attached to an aromatic ring is 1. The number of carbonyl (C=O) groups excluding carboxylic acids is 2. The molecule has 5 nitrogen and oxygen atoms in total. The second-order valence-corrected chi connectivity index (χ2v) is 3.88. The molecule has 5 heteroatoms. The maximum atomic E-state index is 12.0. The Kier molecular flexibility index (Phi) is 6.47. The van der Waals surface area contributed by atoms with E-state index < -0.39 is 0 Å². The summed E-state index contributed by atoms with van der Waals surface area (Å²) in [7, 11) is 0. The van der Waals surface area contributed by atoms with E-state index in [0.717, 1.165) is 0 Å². The van der Waals surface area contributed by atoms with Crippen LogP contribution in [0.2, 0.25) is 0 Å². The number of benzene rings is 2. The van der Waals surface area contributed by atoms with Gasteiger partial charge in [0.25, 0.3) is 5.91 Å². The Bertz CT molecular complexity index is 595. The quantitative estimate of drug-likeness (QED) is 0.596. The van der Waals surface area contributed by atoms with E-state index >= 15 is 0 Å². The number of hydrogen-bond donors (Lipinski definition) is 3. The van der Waals surface area contributed by atoms with E-state index in [1.54, 1.807) is 48.5 Å². The largest absolute Gasteiger partial charge is 0.397 e. The lowest BCUT2D eigenvalue weighted by molar-refractivity contribution is -0.105. The van der Waals surface area contributed by atoms with E-state index in [4.69, 9.17) is 5.73 Å². The number of amides is 2. The van der Waals surface area contributed by atoms with Gasteiger partial charge >= 0.3 is 0 Å². The first-order valence-corrected chi connectivity index (χ1v) is 6.67. The van der Waals surface area contributed by atoms with Crippen molar-refractivity contribution in [2.45, 2.75) is 13.8 Å². The van der Waals surface area contributed by atoms with Crippen LogP contribution in [0.3, 0.4) is 0 Å². The first-order valence-electron chi connectivity index (χ1n) is 6.67. The average molecular weight is 285 g/mol. The summed E-state index contributed by atoms with van der Waals surface area (Å²) in [6, 6.07) is 13.6. The van der Waals surface area contributed by atoms with E-state index in [-0.39, 0.29) is 5.91 Å². The summed E-state index contributed by atoms with van der Waals surface area (Å²) >= 11 is 0. The van der Waals surface area contributed by atoms with E-state index in [2.05, 4.69) is 10.6 Å². The molecule has 2 amide bonds. The highest BCUT2D eigenvalue weighted by atomic mass is 16.1. The first kappa shape index (κ1) is 16.2. The highest BCUT2D eigenvalue weighted by Gasteiger charge is 2.07. The van der Waals surface area contributed by atoms with Gasteiger partial charge in [0.15, 0.2) is 0 Å². The van der Waals surface area contributed by atoms with Crippen LogP contribution >= 0.6 is 0 Å². The summed E-state index contributed by atoms with van der Waals surface area (Å²) in [5, 5.41) is 5.22. The Balaban J connectivity index is 0.00000106. The van der Waals surface area contributed by atoms with Crippen molar-refractivity contribution in [1.29, 1.82) is 0 Å². The Morgan fingerprint density at radius 2 is 1.67 bits per heavy atom. The molecule has 0 saturated heterocycles. The van der Waals surface area contributed by atoms with Gasteiger partial charge in [-0.1, -0.05) is 26.0 Å². The molecule has 2 rings (SSSR count). The number of anilines is 3. The van der Waals surface area contributed by atoms with Gasteiger partial charge in [-0.2, -0.15) is 0 Å². The van der Waals surface area contributed by atoms with Gasteiger partial charge in [0.05, 0.1) is 11.4 Å². The SMILES string of the molecule is CC.Nc1ccccc1NC(=O)c1ccc(NC=O)cc1. The minimum Gasteiger partial charge on any atom is -0.397 e. The van der Waals surface area contributed by atoms with Crippen LogP contribution in [-0.4, -0.2) is 12.3 Å². The summed E-state index contributed by atoms with van der Waals surface area (Å²) < 4.78 is 0. The topological polar surface area (TPSA) is 84.2 Å². The average Bonchev–Trinajstić information content (AvgIpc) is 2.52. The van der Waals surface area contributed by atoms with Crippen LogP contribution in [0.15, 0.2) is 48.5 Å². The van der Waals surface area contributed by atoms with Crippen LogP contribution in [-0.2, 0) is 4.79 Å². The molecule has 0 spiro atoms. The molecule has 0 atom stereocenters. The monoisotopic (exact) mass is 285 g/mol. The third kappa shape index (κ3) is 4.65. The fraction of sp³-hybridized carbons (Fsp3) is 0.125. The van der Waals surface area contributed by atoms with Gasteiger partial charge < -0.3 is 16.4 Å². The molecule has 21 heavy (non-hydrogen) atoms. The van der Waals surface area contributed by atoms with Gasteiger partial charge in [-0.3, -0.25) is 9.59 Å². The van der Waals surface area contributed by atoms with Gasteiger partial charge in [-0.25, -0.2) is 0 Å². The van der Waals surface area contributed by atoms with Crippen LogP contribution in [0, 0.1) is 0 Å². The number of para-hydroxylation sites is 2. The van der Waals surface area contributed by atoms with Crippen molar-refractivity contribution in [2.24, 2.45) is 0 Å². The molecule has 0 unspecified atom stereocenters. The van der Waals surface area contributed by atoms with Crippen molar-refractivity contribution < 1.29 is 9.59 Å². The lowest BCUT2D eigenvalue weighted by atomic mass is 10.2. The Morgan fingerprint density at radius 1 is 1.05 bits per heavy atom. The zero-order chi connectivity index (χ0) is 15.7. The van der Waals surface area contributed by atoms with Crippen LogP contribution in [0.25, 0.3) is 0 Å². The molecule has 2 aromatic rings. The summed E-state index contributed by atoms with van der Waals surface area (Å²) in [5.74, 6) is -0.254. The normalized spacial score (nSPS) is 9.05. The number of nitrogens with one attached hydrogen (secondary N) is 2. The van der Waals surface area contributed by atoms with Gasteiger partial charge in [0, 0.05) is 11.3 Å². The Morgan fingerprint density at radius 3 is 2.24 bits per heavy atom. The van der Waals surface area contributed by atoms with Crippen LogP contribution in [0.1, 0.15) is 24.2 Å². The molecule has 0 aromatic heterocycles. The molecule has 0 aliphatic heterocycles. The van der Waals surface area contributed by atoms with E-state index in [9.17, 15) is 9.59 Å². The van der Waals surface area contributed by atoms with Crippen molar-refractivity contribution in [3.63, 3.8) is 0 Å². The van der Waals surface area contributed by atoms with Crippen LogP contribution < -0.4 is 16.4 Å². The number of carbonyl (C=O) groups is 2. The van der Waals surface area contributed by atoms with E-state index in [0.29, 0.717) is 29.0 Å². The summed E-state index contributed by atoms with van der Waals surface area (Å²) in [5.41, 5.74) is 7.94. The predicted molar refractivity (Wildman–Crippen MR) is 86.3 cm³/mol. The standard InChI is InChI=1S/C14H13N3O2.C2H6/c15-12-3-1-2-4-13(12)17-14(19)10-5-7-11(8-6-10)16-9-18;1-2/h1-9H,15H2,(H,16,18)(H,17,19);1-2H3. The van der Waals surface area contributed by atoms with Gasteiger partial charge in [0.1, 0.15) is 0 Å². The van der Waals surface area contributed by atoms with Gasteiger partial charge in [-0.15, -0.1) is 0 Å². The maximum absolute atomic E-state index is 12.0. The number of rotatable bonds is 4. The number of hydrogen-bond acceptors (Lipinski definition) is 3. The first-order chi connectivity index (χ1) is 10.2. The van der Waals surface area contributed by atoms with Gasteiger partial charge in [0.2, 0.25) is 6.41 Å². The molecule has 0 fully saturated rings. The van der Waals surface area contributed by atoms with Crippen LogP contribution in [0.5, 0.6) is 0 Å². The van der Waals surface area contributed by atoms with Crippen LogP contribution in [0.4, 0.5) is 17.1 Å². The third-order valence-electron chi connectivity index (χ3n) is 2.58. The van der Waals surface area contributed by atoms with Crippen molar-refractivity contribution >= 4 is 29.4 Å². The summed E-state index contributed by atoms with van der Waals surface area (Å²) in [4.78, 5) is 22.2. The molecule has 110 valence electrons. The van der Waals surface area contributed by atoms with Gasteiger partial charge in [-0.05, 0) is 36.4 Å². The molecular weight excluding hydrogens is 266 g/mol. The maximum Gasteiger partial charge on any atom is 0.255 e. The third-order valence-corrected chi connectivity index (χ3v) is 2.58. The molecule has 0 radical (unpaired) electrons. The van der Waals surface area contributed by atoms with Crippen molar-refractivity contribution in [2.75, 3.05) is 16.4 Å². The molecule has 0 bridgehead atoms. The van der Waals surface area contributed by atoms with E-state index in [1.807, 2.05) is 13.8 Å². The smallest absolute Gasteiger partial charge is 0.255 e. The fourth-order valence-corrected chi connectivity index (χ4v) is 1.59. The highest BCUT2D eigenvalue weighted by Crippen LogP contribution is 2.18. The van der Waals surface area contributed by atoms with Crippen molar-refractivity contribution in [3.05, 3.63) is 54.1 Å². The zero-order valence-corrected chi connectivity index (χ0v) is 12.1. The molecule has 4 N–H and O–H groups in total. The lowest BCUT2D eigenvalue weighted by Crippen LogP contribution is -2.13. The summed E-state index contributed by atoms with van der Waals surface area (Å²) in [6.07, 6.45) is 0.583. The molecule has 0 saturated carbocycles. The predicted octanol–water partition coefficient (Wildman–Crippen LogP) is 3.12. The lowest BCUT2D eigenvalue weighted by Gasteiger charge is -2.08. The minimum atomic E-state index is -0.254. The summed E-state index contributed by atoms with van der Waals surface area (Å²) in [6.45, 7) is 4.00. The van der Waals surface area contributed by atoms with Crippen molar-refractivity contribution in [3.8, 4) is 0 Å². The zero-order valence-electron chi connectivity index (χ0n) is 12.1. The Hall–Kier alpha value is -2.82. The second-order valence-electron chi connectivity index (χ2n) is 3.88. The molecule has 0 heterocycles. The fourth-order valence-electron chi connectivity index (χ4n) is 1.59. The minimum absolute atomic E-state index is 0.254. The Labute approximate surface area is 124 Å². The molecule has 0 aliphatic carbocycles. The van der Waals surface area contributed by atoms with Crippen molar-refractivity contribution in [1.82, 2.24) is 0 Å². The second kappa shape index (κ2) is 8.37. The molecule has 0 aliphatic rings. The molecular formula is C16H19N3O2. The number of nitrogens with two attached hydrogens (primary N) is 1. The van der Waals surface area contributed by atoms with E-state index in [1.165, 1.54) is 0 Å². The highest BCUT2D eigenvalue weighted by molar-refractivity contribution is 6.05. The molecule has 2 aromatic carbocycles.